The minimum atomic E-state index is -3.52. The predicted molar refractivity (Wildman–Crippen MR) is 139 cm³/mol. The summed E-state index contributed by atoms with van der Waals surface area (Å²) < 4.78 is 32.9. The highest BCUT2D eigenvalue weighted by molar-refractivity contribution is 7.89. The van der Waals surface area contributed by atoms with Gasteiger partial charge >= 0.3 is 0 Å². The Morgan fingerprint density at radius 1 is 0.944 bits per heavy atom. The summed E-state index contributed by atoms with van der Waals surface area (Å²) in [5, 5.41) is 4.03. The van der Waals surface area contributed by atoms with Crippen molar-refractivity contribution in [3.63, 3.8) is 0 Å². The zero-order valence-corrected chi connectivity index (χ0v) is 21.0. The average molecular weight is 507 g/mol. The number of benzene rings is 3. The van der Waals surface area contributed by atoms with Crippen molar-refractivity contribution in [2.75, 3.05) is 32.7 Å². The zero-order chi connectivity index (χ0) is 25.4. The fourth-order valence-electron chi connectivity index (χ4n) is 3.80. The minimum absolute atomic E-state index is 0.155. The van der Waals surface area contributed by atoms with Crippen molar-refractivity contribution in [2.24, 2.45) is 5.10 Å². The van der Waals surface area contributed by atoms with Crippen LogP contribution in [0.5, 0.6) is 5.75 Å². The lowest BCUT2D eigenvalue weighted by molar-refractivity contribution is -0.122. The molecule has 188 valence electrons. The van der Waals surface area contributed by atoms with Crippen molar-refractivity contribution in [1.82, 2.24) is 14.6 Å². The van der Waals surface area contributed by atoms with Gasteiger partial charge in [-0.15, -0.1) is 0 Å². The van der Waals surface area contributed by atoms with Gasteiger partial charge in [0.05, 0.1) is 17.7 Å². The highest BCUT2D eigenvalue weighted by Crippen LogP contribution is 2.18. The Balaban J connectivity index is 1.19. The van der Waals surface area contributed by atoms with Gasteiger partial charge in [0, 0.05) is 26.2 Å². The van der Waals surface area contributed by atoms with Crippen molar-refractivity contribution in [1.29, 1.82) is 0 Å². The SMILES string of the molecule is Cc1ccc(S(=O)(=O)N2CCN(CC(=O)N/N=C/c3ccc(OCc4ccccc4)cc3)CC2)cc1. The van der Waals surface area contributed by atoms with Crippen molar-refractivity contribution in [2.45, 2.75) is 18.4 Å². The largest absolute Gasteiger partial charge is 0.489 e. The highest BCUT2D eigenvalue weighted by atomic mass is 32.2. The molecule has 1 fully saturated rings. The van der Waals surface area contributed by atoms with Gasteiger partial charge in [-0.3, -0.25) is 9.69 Å². The third kappa shape index (κ3) is 7.00. The number of hydrazone groups is 1. The van der Waals surface area contributed by atoms with Crippen LogP contribution in [-0.4, -0.2) is 62.5 Å². The summed E-state index contributed by atoms with van der Waals surface area (Å²) in [6, 6.07) is 24.2. The molecule has 36 heavy (non-hydrogen) atoms. The normalized spacial score (nSPS) is 15.1. The molecule has 1 amide bonds. The number of hydrogen-bond donors (Lipinski definition) is 1. The summed E-state index contributed by atoms with van der Waals surface area (Å²) in [6.45, 7) is 4.21. The molecule has 0 unspecified atom stereocenters. The third-order valence-corrected chi connectivity index (χ3v) is 7.80. The van der Waals surface area contributed by atoms with Crippen LogP contribution in [-0.2, 0) is 21.4 Å². The standard InChI is InChI=1S/C27H30N4O4S/c1-22-7-13-26(14-8-22)36(33,34)31-17-15-30(16-18-31)20-27(32)29-28-19-23-9-11-25(12-10-23)35-21-24-5-3-2-4-6-24/h2-14,19H,15-18,20-21H2,1H3,(H,29,32)/b28-19+. The van der Waals surface area contributed by atoms with Crippen molar-refractivity contribution in [3.8, 4) is 5.75 Å². The second-order valence-corrected chi connectivity index (χ2v) is 10.6. The molecule has 3 aromatic carbocycles. The minimum Gasteiger partial charge on any atom is -0.489 e. The Morgan fingerprint density at radius 3 is 2.28 bits per heavy atom. The summed E-state index contributed by atoms with van der Waals surface area (Å²) in [6.07, 6.45) is 1.57. The summed E-state index contributed by atoms with van der Waals surface area (Å²) in [5.41, 5.74) is 5.48. The smallest absolute Gasteiger partial charge is 0.254 e. The number of aryl methyl sites for hydroxylation is 1. The third-order valence-electron chi connectivity index (χ3n) is 5.89. The number of ether oxygens (including phenoxy) is 1. The lowest BCUT2D eigenvalue weighted by atomic mass is 10.2. The first-order valence-electron chi connectivity index (χ1n) is 11.8. The number of carbonyl (C=O) groups excluding carboxylic acids is 1. The molecule has 0 saturated carbocycles. The van der Waals surface area contributed by atoms with Gasteiger partial charge in [0.1, 0.15) is 12.4 Å². The van der Waals surface area contributed by atoms with Crippen molar-refractivity contribution >= 4 is 22.1 Å². The van der Waals surface area contributed by atoms with Gasteiger partial charge in [-0.1, -0.05) is 48.0 Å². The number of sulfonamides is 1. The fourth-order valence-corrected chi connectivity index (χ4v) is 5.22. The maximum atomic E-state index is 12.8. The van der Waals surface area contributed by atoms with Crippen LogP contribution in [0.4, 0.5) is 0 Å². The van der Waals surface area contributed by atoms with Crippen molar-refractivity contribution < 1.29 is 17.9 Å². The van der Waals surface area contributed by atoms with E-state index in [1.165, 1.54) is 4.31 Å². The summed E-state index contributed by atoms with van der Waals surface area (Å²) in [7, 11) is -3.52. The van der Waals surface area contributed by atoms with Crippen molar-refractivity contribution in [3.05, 3.63) is 95.6 Å². The van der Waals surface area contributed by atoms with E-state index < -0.39 is 10.0 Å². The number of amides is 1. The fraction of sp³-hybridized carbons (Fsp3) is 0.259. The van der Waals surface area contributed by atoms with Crippen LogP contribution in [0.2, 0.25) is 0 Å². The van der Waals surface area contributed by atoms with Gasteiger partial charge in [-0.05, 0) is 54.4 Å². The van der Waals surface area contributed by atoms with Crippen LogP contribution < -0.4 is 10.2 Å². The number of piperazine rings is 1. The zero-order valence-electron chi connectivity index (χ0n) is 20.2. The second kappa shape index (κ2) is 11.9. The molecular formula is C27H30N4O4S. The van der Waals surface area contributed by atoms with E-state index in [1.807, 2.05) is 66.4 Å². The molecule has 9 heteroatoms. The van der Waals surface area contributed by atoms with E-state index in [4.69, 9.17) is 4.74 Å². The Hall–Kier alpha value is -3.53. The van der Waals surface area contributed by atoms with Crippen LogP contribution >= 0.6 is 0 Å². The molecule has 1 aliphatic heterocycles. The molecule has 3 aromatic rings. The molecule has 8 nitrogen and oxygen atoms in total. The lowest BCUT2D eigenvalue weighted by Gasteiger charge is -2.33. The van der Waals surface area contributed by atoms with E-state index in [0.717, 1.165) is 22.4 Å². The second-order valence-electron chi connectivity index (χ2n) is 8.63. The van der Waals surface area contributed by atoms with Gasteiger partial charge in [0.25, 0.3) is 5.91 Å². The molecule has 0 spiro atoms. The topological polar surface area (TPSA) is 91.3 Å². The Kier molecular flexibility index (Phi) is 8.48. The van der Waals surface area contributed by atoms with Gasteiger partial charge < -0.3 is 4.74 Å². The van der Waals surface area contributed by atoms with Crippen LogP contribution in [0.1, 0.15) is 16.7 Å². The molecule has 1 heterocycles. The Morgan fingerprint density at radius 2 is 1.61 bits per heavy atom. The highest BCUT2D eigenvalue weighted by Gasteiger charge is 2.28. The first-order valence-corrected chi connectivity index (χ1v) is 13.2. The van der Waals surface area contributed by atoms with Gasteiger partial charge in [-0.25, -0.2) is 13.8 Å². The van der Waals surface area contributed by atoms with Gasteiger partial charge in [-0.2, -0.15) is 9.41 Å². The predicted octanol–water partition coefficient (Wildman–Crippen LogP) is 3.03. The summed E-state index contributed by atoms with van der Waals surface area (Å²) in [5.74, 6) is 0.507. The average Bonchev–Trinajstić information content (AvgIpc) is 2.89. The van der Waals surface area contributed by atoms with Gasteiger partial charge in [0.2, 0.25) is 10.0 Å². The molecule has 0 aromatic heterocycles. The number of hydrogen-bond acceptors (Lipinski definition) is 6. The molecular weight excluding hydrogens is 476 g/mol. The van der Waals surface area contributed by atoms with Crippen LogP contribution in [0, 0.1) is 6.92 Å². The summed E-state index contributed by atoms with van der Waals surface area (Å²) in [4.78, 5) is 14.5. The lowest BCUT2D eigenvalue weighted by Crippen LogP contribution is -2.50. The monoisotopic (exact) mass is 506 g/mol. The van der Waals surface area contributed by atoms with Crippen LogP contribution in [0.15, 0.2) is 88.9 Å². The van der Waals surface area contributed by atoms with Crippen LogP contribution in [0.3, 0.4) is 0 Å². The maximum absolute atomic E-state index is 12.8. The van der Waals surface area contributed by atoms with Gasteiger partial charge in [0.15, 0.2) is 0 Å². The molecule has 0 bridgehead atoms. The molecule has 1 saturated heterocycles. The Labute approximate surface area is 212 Å². The summed E-state index contributed by atoms with van der Waals surface area (Å²) >= 11 is 0. The number of nitrogens with one attached hydrogen (secondary N) is 1. The van der Waals surface area contributed by atoms with E-state index in [0.29, 0.717) is 37.7 Å². The maximum Gasteiger partial charge on any atom is 0.254 e. The van der Waals surface area contributed by atoms with E-state index in [-0.39, 0.29) is 12.5 Å². The molecule has 0 radical (unpaired) electrons. The molecule has 4 rings (SSSR count). The molecule has 1 aliphatic rings. The quantitative estimate of drug-likeness (QED) is 0.356. The molecule has 0 aliphatic carbocycles. The van der Waals surface area contributed by atoms with E-state index in [2.05, 4.69) is 10.5 Å². The van der Waals surface area contributed by atoms with E-state index in [9.17, 15) is 13.2 Å². The first-order chi connectivity index (χ1) is 17.4. The number of rotatable bonds is 9. The van der Waals surface area contributed by atoms with Crippen LogP contribution in [0.25, 0.3) is 0 Å². The Bertz CT molecular complexity index is 1270. The number of nitrogens with zero attached hydrogens (tertiary/aromatic N) is 3. The van der Waals surface area contributed by atoms with E-state index in [1.54, 1.807) is 30.5 Å². The molecule has 1 N–H and O–H groups in total. The number of carbonyl (C=O) groups is 1. The first kappa shape index (κ1) is 25.6. The van der Waals surface area contributed by atoms with E-state index >= 15 is 0 Å². The molecule has 0 atom stereocenters.